The van der Waals surface area contributed by atoms with Gasteiger partial charge in [0.25, 0.3) is 0 Å². The lowest BCUT2D eigenvalue weighted by Crippen LogP contribution is -2.23. The van der Waals surface area contributed by atoms with E-state index in [1.54, 1.807) is 7.11 Å². The number of hydrogen-bond donors (Lipinski definition) is 1. The standard InChI is InChI=1S/C16H26ClNO3/c1-3-18-13-16(14-5-7-15(17)8-6-14)21-10-4-9-20-12-11-19-2/h5-8,16,18H,3-4,9-13H2,1-2H3. The van der Waals surface area contributed by atoms with E-state index in [1.165, 1.54) is 0 Å². The zero-order valence-electron chi connectivity index (χ0n) is 12.9. The Bertz CT molecular complexity index is 359. The van der Waals surface area contributed by atoms with Crippen molar-refractivity contribution in [3.8, 4) is 0 Å². The first-order valence-corrected chi connectivity index (χ1v) is 7.80. The summed E-state index contributed by atoms with van der Waals surface area (Å²) in [5, 5.41) is 4.07. The predicted octanol–water partition coefficient (Wildman–Crippen LogP) is 3.06. The fourth-order valence-corrected chi connectivity index (χ4v) is 1.98. The summed E-state index contributed by atoms with van der Waals surface area (Å²) in [6.07, 6.45) is 0.918. The van der Waals surface area contributed by atoms with Gasteiger partial charge in [0.15, 0.2) is 0 Å². The number of benzene rings is 1. The van der Waals surface area contributed by atoms with Gasteiger partial charge in [-0.1, -0.05) is 30.7 Å². The van der Waals surface area contributed by atoms with Crippen LogP contribution in [-0.4, -0.2) is 46.6 Å². The molecule has 0 aliphatic heterocycles. The van der Waals surface area contributed by atoms with Gasteiger partial charge in [0.2, 0.25) is 0 Å². The number of ether oxygens (including phenoxy) is 3. The molecule has 21 heavy (non-hydrogen) atoms. The molecule has 0 heterocycles. The minimum atomic E-state index is 0.0428. The maximum Gasteiger partial charge on any atom is 0.0949 e. The van der Waals surface area contributed by atoms with Crippen LogP contribution >= 0.6 is 11.6 Å². The van der Waals surface area contributed by atoms with E-state index >= 15 is 0 Å². The summed E-state index contributed by atoms with van der Waals surface area (Å²) in [4.78, 5) is 0. The maximum absolute atomic E-state index is 5.96. The molecule has 0 bridgehead atoms. The second kappa shape index (κ2) is 12.0. The van der Waals surface area contributed by atoms with Crippen molar-refractivity contribution in [2.75, 3.05) is 46.6 Å². The van der Waals surface area contributed by atoms with Gasteiger partial charge in [-0.2, -0.15) is 0 Å². The normalized spacial score (nSPS) is 12.5. The van der Waals surface area contributed by atoms with Crippen molar-refractivity contribution in [1.82, 2.24) is 5.32 Å². The van der Waals surface area contributed by atoms with Crippen LogP contribution in [0, 0.1) is 0 Å². The second-order valence-electron chi connectivity index (χ2n) is 4.68. The van der Waals surface area contributed by atoms with Crippen molar-refractivity contribution < 1.29 is 14.2 Å². The minimum absolute atomic E-state index is 0.0428. The van der Waals surface area contributed by atoms with Crippen molar-refractivity contribution in [2.24, 2.45) is 0 Å². The van der Waals surface area contributed by atoms with Gasteiger partial charge in [-0.3, -0.25) is 0 Å². The molecule has 0 saturated heterocycles. The molecule has 0 radical (unpaired) electrons. The highest BCUT2D eigenvalue weighted by Gasteiger charge is 2.11. The number of rotatable bonds is 12. The molecule has 4 nitrogen and oxygen atoms in total. The number of hydrogen-bond acceptors (Lipinski definition) is 4. The molecule has 0 aliphatic rings. The molecule has 0 aliphatic carbocycles. The van der Waals surface area contributed by atoms with E-state index in [1.807, 2.05) is 24.3 Å². The van der Waals surface area contributed by atoms with Crippen molar-refractivity contribution in [3.63, 3.8) is 0 Å². The molecule has 1 rings (SSSR count). The topological polar surface area (TPSA) is 39.7 Å². The first kappa shape index (κ1) is 18.4. The van der Waals surface area contributed by atoms with Crippen LogP contribution in [0.1, 0.15) is 25.0 Å². The van der Waals surface area contributed by atoms with Crippen LogP contribution in [0.5, 0.6) is 0 Å². The summed E-state index contributed by atoms with van der Waals surface area (Å²) in [7, 11) is 1.67. The lowest BCUT2D eigenvalue weighted by molar-refractivity contribution is 0.0232. The van der Waals surface area contributed by atoms with Crippen LogP contribution in [0.4, 0.5) is 0 Å². The SMILES string of the molecule is CCNCC(OCCCOCCOC)c1ccc(Cl)cc1. The van der Waals surface area contributed by atoms with E-state index in [2.05, 4.69) is 12.2 Å². The highest BCUT2D eigenvalue weighted by molar-refractivity contribution is 6.30. The molecule has 0 amide bonds. The Kier molecular flexibility index (Phi) is 10.5. The summed E-state index contributed by atoms with van der Waals surface area (Å²) < 4.78 is 16.3. The molecule has 1 unspecified atom stereocenters. The Morgan fingerprint density at radius 2 is 1.86 bits per heavy atom. The van der Waals surface area contributed by atoms with Crippen molar-refractivity contribution >= 4 is 11.6 Å². The molecule has 1 N–H and O–H groups in total. The van der Waals surface area contributed by atoms with Gasteiger partial charge in [0, 0.05) is 31.9 Å². The second-order valence-corrected chi connectivity index (χ2v) is 5.11. The number of likely N-dealkylation sites (N-methyl/N-ethyl adjacent to an activating group) is 1. The lowest BCUT2D eigenvalue weighted by Gasteiger charge is -2.19. The summed E-state index contributed by atoms with van der Waals surface area (Å²) in [6, 6.07) is 7.82. The van der Waals surface area contributed by atoms with Gasteiger partial charge in [0.05, 0.1) is 19.3 Å². The molecule has 0 saturated carbocycles. The van der Waals surface area contributed by atoms with E-state index in [4.69, 9.17) is 25.8 Å². The molecule has 0 aromatic heterocycles. The average Bonchev–Trinajstić information content (AvgIpc) is 2.50. The summed E-state index contributed by atoms with van der Waals surface area (Å²) in [5.74, 6) is 0. The van der Waals surface area contributed by atoms with Crippen molar-refractivity contribution in [3.05, 3.63) is 34.9 Å². The third-order valence-corrected chi connectivity index (χ3v) is 3.26. The monoisotopic (exact) mass is 315 g/mol. The molecular weight excluding hydrogens is 290 g/mol. The van der Waals surface area contributed by atoms with Crippen LogP contribution in [0.25, 0.3) is 0 Å². The summed E-state index contributed by atoms with van der Waals surface area (Å²) in [5.41, 5.74) is 1.14. The van der Waals surface area contributed by atoms with Crippen molar-refractivity contribution in [1.29, 1.82) is 0 Å². The molecule has 1 aromatic carbocycles. The fraction of sp³-hybridized carbons (Fsp3) is 0.625. The largest absolute Gasteiger partial charge is 0.382 e. The highest BCUT2D eigenvalue weighted by atomic mass is 35.5. The lowest BCUT2D eigenvalue weighted by atomic mass is 10.1. The Balaban J connectivity index is 2.31. The van der Waals surface area contributed by atoms with Crippen LogP contribution in [0.15, 0.2) is 24.3 Å². The average molecular weight is 316 g/mol. The van der Waals surface area contributed by atoms with Crippen LogP contribution in [0.2, 0.25) is 5.02 Å². The number of methoxy groups -OCH3 is 1. The Morgan fingerprint density at radius 1 is 1.10 bits per heavy atom. The van der Waals surface area contributed by atoms with Crippen LogP contribution in [0.3, 0.4) is 0 Å². The van der Waals surface area contributed by atoms with Crippen LogP contribution < -0.4 is 5.32 Å². The molecule has 1 aromatic rings. The van der Waals surface area contributed by atoms with Gasteiger partial charge in [-0.25, -0.2) is 0 Å². The molecule has 0 fully saturated rings. The minimum Gasteiger partial charge on any atom is -0.382 e. The van der Waals surface area contributed by atoms with Gasteiger partial charge < -0.3 is 19.5 Å². The Hall–Kier alpha value is -0.650. The Labute approximate surface area is 132 Å². The van der Waals surface area contributed by atoms with Gasteiger partial charge in [-0.15, -0.1) is 0 Å². The fourth-order valence-electron chi connectivity index (χ4n) is 1.86. The third-order valence-electron chi connectivity index (χ3n) is 3.01. The van der Waals surface area contributed by atoms with E-state index in [0.717, 1.165) is 30.1 Å². The molecule has 5 heteroatoms. The predicted molar refractivity (Wildman–Crippen MR) is 86.0 cm³/mol. The van der Waals surface area contributed by atoms with E-state index < -0.39 is 0 Å². The number of halogens is 1. The first-order valence-electron chi connectivity index (χ1n) is 7.42. The zero-order valence-corrected chi connectivity index (χ0v) is 13.7. The van der Waals surface area contributed by atoms with Gasteiger partial charge in [0.1, 0.15) is 0 Å². The first-order chi connectivity index (χ1) is 10.3. The van der Waals surface area contributed by atoms with E-state index in [0.29, 0.717) is 26.4 Å². The quantitative estimate of drug-likeness (QED) is 0.602. The molecule has 1 atom stereocenters. The van der Waals surface area contributed by atoms with Crippen molar-refractivity contribution in [2.45, 2.75) is 19.4 Å². The summed E-state index contributed by atoms with van der Waals surface area (Å²) >= 11 is 5.92. The summed E-state index contributed by atoms with van der Waals surface area (Å²) in [6.45, 7) is 6.44. The molecule has 120 valence electrons. The molecular formula is C16H26ClNO3. The molecule has 0 spiro atoms. The van der Waals surface area contributed by atoms with Gasteiger partial charge >= 0.3 is 0 Å². The smallest absolute Gasteiger partial charge is 0.0949 e. The zero-order chi connectivity index (χ0) is 15.3. The number of nitrogens with one attached hydrogen (secondary N) is 1. The van der Waals surface area contributed by atoms with Crippen LogP contribution in [-0.2, 0) is 14.2 Å². The van der Waals surface area contributed by atoms with Gasteiger partial charge in [-0.05, 0) is 30.7 Å². The van der Waals surface area contributed by atoms with E-state index in [-0.39, 0.29) is 6.10 Å². The maximum atomic E-state index is 5.96. The third kappa shape index (κ3) is 8.39. The Morgan fingerprint density at radius 3 is 2.52 bits per heavy atom. The highest BCUT2D eigenvalue weighted by Crippen LogP contribution is 2.19. The van der Waals surface area contributed by atoms with E-state index in [9.17, 15) is 0 Å².